The minimum atomic E-state index is -1.84. The van der Waals surface area contributed by atoms with Crippen LogP contribution in [-0.4, -0.2) is 54.3 Å². The van der Waals surface area contributed by atoms with Crippen molar-refractivity contribution in [1.29, 1.82) is 0 Å². The van der Waals surface area contributed by atoms with Gasteiger partial charge in [-0.15, -0.1) is 0 Å². The zero-order valence-corrected chi connectivity index (χ0v) is 24.1. The summed E-state index contributed by atoms with van der Waals surface area (Å²) in [5.74, 6) is 0. The molecule has 0 saturated carbocycles. The molecule has 8 nitrogen and oxygen atoms in total. The molecule has 10 heteroatoms. The van der Waals surface area contributed by atoms with Gasteiger partial charge in [0.1, 0.15) is 0 Å². The zero-order chi connectivity index (χ0) is 26.6. The van der Waals surface area contributed by atoms with E-state index in [0.717, 1.165) is 42.5 Å². The number of ether oxygens (including phenoxy) is 2. The number of aliphatic hydroxyl groups is 1. The van der Waals surface area contributed by atoms with E-state index in [1.807, 2.05) is 48.5 Å². The Morgan fingerprint density at radius 2 is 1.25 bits per heavy atom. The second kappa shape index (κ2) is 14.2. The van der Waals surface area contributed by atoms with Gasteiger partial charge in [0, 0.05) is 18.0 Å². The predicted molar refractivity (Wildman–Crippen MR) is 149 cm³/mol. The largest absolute Gasteiger partial charge is 0.455 e. The molecule has 0 spiro atoms. The molecule has 2 rings (SSSR count). The highest BCUT2D eigenvalue weighted by atomic mass is 28.4. The van der Waals surface area contributed by atoms with Crippen LogP contribution in [-0.2, 0) is 20.0 Å². The van der Waals surface area contributed by atoms with Gasteiger partial charge in [-0.1, -0.05) is 24.3 Å². The van der Waals surface area contributed by atoms with Crippen molar-refractivity contribution in [1.82, 2.24) is 0 Å². The van der Waals surface area contributed by atoms with Crippen LogP contribution in [0.5, 0.6) is 0 Å². The van der Waals surface area contributed by atoms with E-state index >= 15 is 0 Å². The molecule has 2 amide bonds. The molecule has 3 N–H and O–H groups in total. The average molecular weight is 533 g/mol. The Hall–Kier alpha value is -2.67. The lowest BCUT2D eigenvalue weighted by atomic mass is 10.0. The average Bonchev–Trinajstić information content (AvgIpc) is 2.82. The molecule has 0 aromatic heterocycles. The fourth-order valence-electron chi connectivity index (χ4n) is 3.99. The highest BCUT2D eigenvalue weighted by Gasteiger charge is 2.32. The Kier molecular flexibility index (Phi) is 11.6. The van der Waals surface area contributed by atoms with Gasteiger partial charge in [0.25, 0.3) is 0 Å². The summed E-state index contributed by atoms with van der Waals surface area (Å²) in [5.41, 5.74) is 3.54. The minimum absolute atomic E-state index is 0.207. The molecule has 36 heavy (non-hydrogen) atoms. The van der Waals surface area contributed by atoms with E-state index in [1.54, 1.807) is 0 Å². The van der Waals surface area contributed by atoms with Gasteiger partial charge in [-0.2, -0.15) is 0 Å². The molecule has 2 aromatic rings. The Labute approximate surface area is 216 Å². The van der Waals surface area contributed by atoms with Crippen molar-refractivity contribution in [3.63, 3.8) is 0 Å². The highest BCUT2D eigenvalue weighted by molar-refractivity contribution is 6.84. The number of hydrogen-bond acceptors (Lipinski definition) is 6. The predicted octanol–water partition coefficient (Wildman–Crippen LogP) is 6.20. The van der Waals surface area contributed by atoms with E-state index < -0.39 is 28.8 Å². The molecule has 0 atom stereocenters. The molecular formula is C26H40N2O6Si2. The van der Waals surface area contributed by atoms with Crippen LogP contribution in [0, 0.1) is 0 Å². The first-order chi connectivity index (χ1) is 17.0. The molecular weight excluding hydrogens is 492 g/mol. The van der Waals surface area contributed by atoms with Gasteiger partial charge in [0.15, 0.2) is 16.6 Å². The maximum atomic E-state index is 12.2. The summed E-state index contributed by atoms with van der Waals surface area (Å²) >= 11 is 0. The number of carbonyl (C=O) groups is 2. The summed E-state index contributed by atoms with van der Waals surface area (Å²) in [6.07, 6.45) is 1.32. The molecule has 198 valence electrons. The number of nitrogens with one attached hydrogen (secondary N) is 2. The van der Waals surface area contributed by atoms with Crippen LogP contribution in [0.25, 0.3) is 0 Å². The van der Waals surface area contributed by atoms with Gasteiger partial charge >= 0.3 is 12.2 Å². The van der Waals surface area contributed by atoms with E-state index in [9.17, 15) is 9.59 Å². The van der Waals surface area contributed by atoms with E-state index in [-0.39, 0.29) is 6.61 Å². The van der Waals surface area contributed by atoms with Crippen molar-refractivity contribution < 1.29 is 28.3 Å². The number of aliphatic hydroxyl groups excluding tert-OH is 1. The first-order valence-electron chi connectivity index (χ1n) is 12.3. The third kappa shape index (κ3) is 11.4. The molecule has 0 aliphatic rings. The number of rotatable bonds is 13. The normalized spacial score (nSPS) is 11.6. The number of carbonyl (C=O) groups excluding carboxylic acids is 2. The first kappa shape index (κ1) is 29.6. The minimum Gasteiger partial charge on any atom is -0.455 e. The first-order valence-corrected chi connectivity index (χ1v) is 18.5. The SMILES string of the molecule is COC(=O)Nc1ccc(Cc2ccc(NC(=O)OCCC[Si](C)(C)O[Si](C)(C)CCCO)cc2)cc1. The van der Waals surface area contributed by atoms with Crippen molar-refractivity contribution in [2.45, 2.75) is 57.5 Å². The Morgan fingerprint density at radius 3 is 1.72 bits per heavy atom. The lowest BCUT2D eigenvalue weighted by Crippen LogP contribution is -2.44. The molecule has 2 aromatic carbocycles. The van der Waals surface area contributed by atoms with Crippen LogP contribution in [0.1, 0.15) is 24.0 Å². The quantitative estimate of drug-likeness (QED) is 0.209. The molecule has 0 aliphatic carbocycles. The second-order valence-corrected chi connectivity index (χ2v) is 18.9. The third-order valence-electron chi connectivity index (χ3n) is 5.64. The van der Waals surface area contributed by atoms with Crippen LogP contribution in [0.3, 0.4) is 0 Å². The molecule has 0 fully saturated rings. The Balaban J connectivity index is 1.73. The third-order valence-corrected chi connectivity index (χ3v) is 13.2. The van der Waals surface area contributed by atoms with E-state index in [1.165, 1.54) is 7.11 Å². The highest BCUT2D eigenvalue weighted by Crippen LogP contribution is 2.24. The van der Waals surface area contributed by atoms with Crippen LogP contribution in [0.2, 0.25) is 38.3 Å². The van der Waals surface area contributed by atoms with Gasteiger partial charge in [-0.05, 0) is 92.9 Å². The smallest absolute Gasteiger partial charge is 0.411 e. The number of hydrogen-bond donors (Lipinski definition) is 3. The van der Waals surface area contributed by atoms with Crippen molar-refractivity contribution in [3.8, 4) is 0 Å². The number of methoxy groups -OCH3 is 1. The van der Waals surface area contributed by atoms with Gasteiger partial charge in [0.05, 0.1) is 13.7 Å². The fourth-order valence-corrected chi connectivity index (χ4v) is 12.8. The van der Waals surface area contributed by atoms with Gasteiger partial charge in [-0.3, -0.25) is 10.6 Å². The maximum absolute atomic E-state index is 12.2. The summed E-state index contributed by atoms with van der Waals surface area (Å²) in [5, 5.41) is 14.5. The molecule has 0 saturated heterocycles. The van der Waals surface area contributed by atoms with Gasteiger partial charge < -0.3 is 18.7 Å². The molecule has 0 radical (unpaired) electrons. The number of amides is 2. The topological polar surface area (TPSA) is 106 Å². The van der Waals surface area contributed by atoms with E-state index in [4.69, 9.17) is 14.0 Å². The lowest BCUT2D eigenvalue weighted by molar-refractivity contribution is 0.161. The zero-order valence-electron chi connectivity index (χ0n) is 22.1. The van der Waals surface area contributed by atoms with Crippen LogP contribution in [0.15, 0.2) is 48.5 Å². The summed E-state index contributed by atoms with van der Waals surface area (Å²) in [7, 11) is -2.29. The fraction of sp³-hybridized carbons (Fsp3) is 0.462. The summed E-state index contributed by atoms with van der Waals surface area (Å²) in [6.45, 7) is 9.37. The molecule has 0 heterocycles. The van der Waals surface area contributed by atoms with Crippen molar-refractivity contribution >= 4 is 40.2 Å². The maximum Gasteiger partial charge on any atom is 0.411 e. The van der Waals surface area contributed by atoms with Crippen LogP contribution < -0.4 is 10.6 Å². The van der Waals surface area contributed by atoms with E-state index in [2.05, 4.69) is 41.6 Å². The monoisotopic (exact) mass is 532 g/mol. The van der Waals surface area contributed by atoms with Crippen LogP contribution >= 0.6 is 0 Å². The summed E-state index contributed by atoms with van der Waals surface area (Å²) < 4.78 is 16.5. The number of benzene rings is 2. The Morgan fingerprint density at radius 1 is 0.778 bits per heavy atom. The van der Waals surface area contributed by atoms with Gasteiger partial charge in [-0.25, -0.2) is 9.59 Å². The summed E-state index contributed by atoms with van der Waals surface area (Å²) in [6, 6.07) is 17.1. The number of anilines is 2. The van der Waals surface area contributed by atoms with Crippen molar-refractivity contribution in [2.24, 2.45) is 0 Å². The van der Waals surface area contributed by atoms with Gasteiger partial charge in [0.2, 0.25) is 0 Å². The molecule has 0 aliphatic heterocycles. The summed E-state index contributed by atoms with van der Waals surface area (Å²) in [4.78, 5) is 23.5. The van der Waals surface area contributed by atoms with Crippen LogP contribution in [0.4, 0.5) is 21.0 Å². The standard InChI is InChI=1S/C26H40N2O6Si2/c1-32-25(30)27-23-12-8-21(9-13-23)20-22-10-14-24(15-11-22)28-26(31)33-17-7-19-36(4,5)34-35(2,3)18-6-16-29/h8-15,29H,6-7,16-20H2,1-5H3,(H,27,30)(H,28,31). The Bertz CT molecular complexity index is 965. The second-order valence-electron chi connectivity index (χ2n) is 10.0. The van der Waals surface area contributed by atoms with Crippen molar-refractivity contribution in [3.05, 3.63) is 59.7 Å². The van der Waals surface area contributed by atoms with E-state index in [0.29, 0.717) is 18.0 Å². The lowest BCUT2D eigenvalue weighted by Gasteiger charge is -2.34. The molecule has 0 unspecified atom stereocenters. The molecule has 0 bridgehead atoms. The van der Waals surface area contributed by atoms with Crippen molar-refractivity contribution in [2.75, 3.05) is 31.0 Å².